The Bertz CT molecular complexity index is 1410. The van der Waals surface area contributed by atoms with Gasteiger partial charge >= 0.3 is 11.9 Å². The average molecular weight is 544 g/mol. The molecule has 4 rings (SSSR count). The number of methoxy groups -OCH3 is 1. The van der Waals surface area contributed by atoms with Crippen LogP contribution in [0.3, 0.4) is 0 Å². The molecule has 3 aromatic carbocycles. The molecule has 0 bridgehead atoms. The Morgan fingerprint density at radius 2 is 1.45 bits per heavy atom. The quantitative estimate of drug-likeness (QED) is 0.160. The van der Waals surface area contributed by atoms with Crippen molar-refractivity contribution in [1.82, 2.24) is 4.57 Å². The molecule has 0 amide bonds. The van der Waals surface area contributed by atoms with Crippen molar-refractivity contribution in [3.63, 3.8) is 0 Å². The Balaban J connectivity index is 1.31. The predicted molar refractivity (Wildman–Crippen MR) is 155 cm³/mol. The molecule has 0 saturated heterocycles. The normalized spacial score (nSPS) is 11.0. The lowest BCUT2D eigenvalue weighted by Gasteiger charge is -2.09. The molecular weight excluding hydrogens is 506 g/mol. The Morgan fingerprint density at radius 3 is 2.12 bits per heavy atom. The van der Waals surface area contributed by atoms with E-state index >= 15 is 0 Å². The summed E-state index contributed by atoms with van der Waals surface area (Å²) in [7, 11) is 1.67. The second kappa shape index (κ2) is 14.2. The van der Waals surface area contributed by atoms with E-state index in [1.54, 1.807) is 7.11 Å². The summed E-state index contributed by atoms with van der Waals surface area (Å²) >= 11 is 0. The smallest absolute Gasteiger partial charge is 0.307 e. The first-order valence-corrected chi connectivity index (χ1v) is 13.8. The van der Waals surface area contributed by atoms with E-state index in [0.29, 0.717) is 19.6 Å². The van der Waals surface area contributed by atoms with Crippen molar-refractivity contribution >= 4 is 22.8 Å². The Kier molecular flexibility index (Phi) is 10.2. The summed E-state index contributed by atoms with van der Waals surface area (Å²) in [6.45, 7) is 1.21. The molecule has 7 nitrogen and oxygen atoms in total. The fourth-order valence-corrected chi connectivity index (χ4v) is 5.05. The van der Waals surface area contributed by atoms with Gasteiger partial charge in [0, 0.05) is 30.1 Å². The van der Waals surface area contributed by atoms with E-state index in [-0.39, 0.29) is 12.8 Å². The molecule has 0 spiro atoms. The number of carboxylic acids is 2. The third-order valence-electron chi connectivity index (χ3n) is 7.10. The molecule has 0 saturated carbocycles. The number of rotatable bonds is 16. The number of carboxylic acid groups (broad SMARTS) is 2. The third-order valence-corrected chi connectivity index (χ3v) is 7.10. The molecule has 0 fully saturated rings. The highest BCUT2D eigenvalue weighted by Gasteiger charge is 2.15. The minimum Gasteiger partial charge on any atom is -0.497 e. The molecule has 1 aromatic heterocycles. The van der Waals surface area contributed by atoms with Gasteiger partial charge < -0.3 is 24.3 Å². The topological polar surface area (TPSA) is 98.0 Å². The van der Waals surface area contributed by atoms with Crippen molar-refractivity contribution in [2.24, 2.45) is 0 Å². The van der Waals surface area contributed by atoms with Crippen LogP contribution in [-0.4, -0.2) is 40.4 Å². The highest BCUT2D eigenvalue weighted by Crippen LogP contribution is 2.28. The fourth-order valence-electron chi connectivity index (χ4n) is 5.05. The lowest BCUT2D eigenvalue weighted by molar-refractivity contribution is -0.137. The van der Waals surface area contributed by atoms with E-state index in [2.05, 4.69) is 30.3 Å². The van der Waals surface area contributed by atoms with Crippen LogP contribution in [0.15, 0.2) is 72.9 Å². The van der Waals surface area contributed by atoms with Crippen LogP contribution in [0.4, 0.5) is 0 Å². The molecule has 0 radical (unpaired) electrons. The number of aliphatic carboxylic acids is 2. The van der Waals surface area contributed by atoms with E-state index in [1.165, 1.54) is 11.1 Å². The first-order chi connectivity index (χ1) is 19.4. The summed E-state index contributed by atoms with van der Waals surface area (Å²) in [6, 6.07) is 22.4. The fraction of sp³-hybridized carbons (Fsp3) is 0.333. The number of hydrogen-bond donors (Lipinski definition) is 2. The number of aryl methyl sites for hydroxylation is 4. The number of carbonyl (C=O) groups is 2. The van der Waals surface area contributed by atoms with Crippen LogP contribution in [-0.2, 0) is 41.8 Å². The molecule has 0 aliphatic rings. The Hall–Kier alpha value is -4.26. The maximum absolute atomic E-state index is 11.5. The van der Waals surface area contributed by atoms with Crippen LogP contribution < -0.4 is 9.47 Å². The second-order valence-electron chi connectivity index (χ2n) is 10.0. The predicted octanol–water partition coefficient (Wildman–Crippen LogP) is 6.33. The highest BCUT2D eigenvalue weighted by atomic mass is 16.5. The summed E-state index contributed by atoms with van der Waals surface area (Å²) in [5, 5.41) is 19.4. The highest BCUT2D eigenvalue weighted by molar-refractivity contribution is 5.90. The van der Waals surface area contributed by atoms with Gasteiger partial charge in [-0.25, -0.2) is 0 Å². The van der Waals surface area contributed by atoms with Gasteiger partial charge in [0.2, 0.25) is 0 Å². The number of fused-ring (bicyclic) bond motifs is 1. The molecule has 0 unspecified atom stereocenters. The molecule has 0 aliphatic carbocycles. The average Bonchev–Trinajstić information content (AvgIpc) is 3.29. The van der Waals surface area contributed by atoms with Gasteiger partial charge in [0.15, 0.2) is 0 Å². The van der Waals surface area contributed by atoms with Gasteiger partial charge in [-0.05, 0) is 91.1 Å². The lowest BCUT2D eigenvalue weighted by atomic mass is 9.98. The van der Waals surface area contributed by atoms with Crippen LogP contribution in [0, 0.1) is 0 Å². The molecule has 0 aliphatic heterocycles. The minimum absolute atomic E-state index is 0.0639. The van der Waals surface area contributed by atoms with Crippen molar-refractivity contribution < 1.29 is 29.3 Å². The molecule has 7 heteroatoms. The van der Waals surface area contributed by atoms with Crippen molar-refractivity contribution in [3.8, 4) is 11.5 Å². The maximum Gasteiger partial charge on any atom is 0.307 e. The van der Waals surface area contributed by atoms with Crippen LogP contribution >= 0.6 is 0 Å². The molecular formula is C33H37NO6. The number of ether oxygens (including phenoxy) is 2. The van der Waals surface area contributed by atoms with Gasteiger partial charge in [0.1, 0.15) is 11.5 Å². The summed E-state index contributed by atoms with van der Waals surface area (Å²) in [5.74, 6) is 0.0248. The SMILES string of the molecule is COc1ccc(CCCCOc2ccc(CCc3cccc4c3c(CC(=O)O)cn4CCCC(=O)O)cc2)cc1. The number of nitrogens with zero attached hydrogens (tertiary/aromatic N) is 1. The first kappa shape index (κ1) is 28.7. The summed E-state index contributed by atoms with van der Waals surface area (Å²) in [4.78, 5) is 22.5. The first-order valence-electron chi connectivity index (χ1n) is 13.8. The number of benzene rings is 3. The molecule has 40 heavy (non-hydrogen) atoms. The third kappa shape index (κ3) is 8.12. The minimum atomic E-state index is -0.879. The molecule has 2 N–H and O–H groups in total. The number of unbranched alkanes of at least 4 members (excludes halogenated alkanes) is 1. The number of aromatic nitrogens is 1. The summed E-state index contributed by atoms with van der Waals surface area (Å²) in [5.41, 5.74) is 5.30. The van der Waals surface area contributed by atoms with Gasteiger partial charge in [-0.15, -0.1) is 0 Å². The zero-order chi connectivity index (χ0) is 28.3. The zero-order valence-corrected chi connectivity index (χ0v) is 23.0. The number of hydrogen-bond acceptors (Lipinski definition) is 4. The van der Waals surface area contributed by atoms with Crippen LogP contribution in [0.25, 0.3) is 10.9 Å². The van der Waals surface area contributed by atoms with Crippen molar-refractivity contribution in [1.29, 1.82) is 0 Å². The zero-order valence-electron chi connectivity index (χ0n) is 23.0. The summed E-state index contributed by atoms with van der Waals surface area (Å²) in [6.07, 6.45) is 7.02. The maximum atomic E-state index is 11.5. The standard InChI is InChI=1S/C33H37NO6/c1-39-28-16-11-24(12-17-28)6-2-3-21-40-29-18-13-25(14-19-29)10-15-26-7-4-8-30-33(26)27(22-32(37)38)23-34(30)20-5-9-31(35)36/h4,7-8,11-14,16-19,23H,2-3,5-6,9-10,15,20-22H2,1H3,(H,35,36)(H,37,38). The van der Waals surface area contributed by atoms with E-state index in [0.717, 1.165) is 65.6 Å². The van der Waals surface area contributed by atoms with E-state index in [1.807, 2.05) is 47.2 Å². The molecule has 1 heterocycles. The van der Waals surface area contributed by atoms with Crippen LogP contribution in [0.5, 0.6) is 11.5 Å². The van der Waals surface area contributed by atoms with Crippen LogP contribution in [0.1, 0.15) is 47.9 Å². The van der Waals surface area contributed by atoms with E-state index < -0.39 is 11.9 Å². The van der Waals surface area contributed by atoms with Crippen molar-refractivity contribution in [2.45, 2.75) is 57.9 Å². The van der Waals surface area contributed by atoms with Crippen molar-refractivity contribution in [3.05, 3.63) is 95.2 Å². The molecule has 4 aromatic rings. The second-order valence-corrected chi connectivity index (χ2v) is 10.0. The van der Waals surface area contributed by atoms with Crippen molar-refractivity contribution in [2.75, 3.05) is 13.7 Å². The van der Waals surface area contributed by atoms with E-state index in [9.17, 15) is 14.7 Å². The lowest BCUT2D eigenvalue weighted by Crippen LogP contribution is -2.01. The Labute approximate surface area is 235 Å². The van der Waals surface area contributed by atoms with Gasteiger partial charge in [-0.1, -0.05) is 36.4 Å². The monoisotopic (exact) mass is 543 g/mol. The van der Waals surface area contributed by atoms with Gasteiger partial charge in [-0.3, -0.25) is 9.59 Å². The largest absolute Gasteiger partial charge is 0.497 e. The van der Waals surface area contributed by atoms with Gasteiger partial charge in [-0.2, -0.15) is 0 Å². The summed E-state index contributed by atoms with van der Waals surface area (Å²) < 4.78 is 13.1. The molecule has 210 valence electrons. The van der Waals surface area contributed by atoms with Gasteiger partial charge in [0.25, 0.3) is 0 Å². The Morgan fingerprint density at radius 1 is 0.750 bits per heavy atom. The van der Waals surface area contributed by atoms with Gasteiger partial charge in [0.05, 0.1) is 20.1 Å². The van der Waals surface area contributed by atoms with E-state index in [4.69, 9.17) is 14.6 Å². The molecule has 0 atom stereocenters. The van der Waals surface area contributed by atoms with Crippen LogP contribution in [0.2, 0.25) is 0 Å².